The molecule has 0 aromatic rings. The largest absolute Gasteiger partial charge is 0.469 e. The molecule has 0 amide bonds. The number of ether oxygens (including phenoxy) is 2. The second-order valence-corrected chi connectivity index (χ2v) is 16.3. The summed E-state index contributed by atoms with van der Waals surface area (Å²) < 4.78 is 26.4. The first-order chi connectivity index (χ1) is 27.3. The molecule has 0 saturated carbocycles. The van der Waals surface area contributed by atoms with Crippen molar-refractivity contribution in [3.05, 3.63) is 60.8 Å². The second-order valence-electron chi connectivity index (χ2n) is 15.0. The highest BCUT2D eigenvalue weighted by Gasteiger charge is 2.22. The molecular weight excluding hydrogens is 723 g/mol. The number of rotatable bonds is 41. The fraction of sp³-hybridized carbons (Fsp3) is 0.745. The van der Waals surface area contributed by atoms with Crippen LogP contribution in [0.4, 0.5) is 0 Å². The maximum Gasteiger partial charge on any atom is 0.469 e. The van der Waals surface area contributed by atoms with Gasteiger partial charge in [0.1, 0.15) is 6.61 Å². The molecule has 0 heterocycles. The van der Waals surface area contributed by atoms with Crippen LogP contribution in [0.1, 0.15) is 206 Å². The van der Waals surface area contributed by atoms with Crippen LogP contribution >= 0.6 is 7.82 Å². The van der Waals surface area contributed by atoms with Gasteiger partial charge in [0.05, 0.1) is 6.61 Å². The molecule has 0 saturated heterocycles. The SMILES string of the molecule is CCCCC/C=C/C/C=C/C/C=C/C/C=C/C/C=C/CCC(=O)OC[C@H](COP(=O)(O)O)OC(=O)CCCCCCCCCCCCCCCCCCCCC. The molecule has 8 nitrogen and oxygen atoms in total. The Morgan fingerprint density at radius 2 is 0.839 bits per heavy atom. The lowest BCUT2D eigenvalue weighted by Crippen LogP contribution is -2.29. The van der Waals surface area contributed by atoms with Gasteiger partial charge in [-0.3, -0.25) is 14.1 Å². The number of allylic oxidation sites excluding steroid dienone is 10. The number of carbonyl (C=O) groups is 2. The molecule has 0 aliphatic carbocycles. The molecule has 0 unspecified atom stereocenters. The van der Waals surface area contributed by atoms with E-state index in [4.69, 9.17) is 19.3 Å². The smallest absolute Gasteiger partial charge is 0.462 e. The van der Waals surface area contributed by atoms with Crippen LogP contribution in [0, 0.1) is 0 Å². The zero-order valence-corrected chi connectivity index (χ0v) is 36.7. The van der Waals surface area contributed by atoms with Crippen molar-refractivity contribution in [2.45, 2.75) is 213 Å². The van der Waals surface area contributed by atoms with E-state index in [0.717, 1.165) is 44.9 Å². The Labute approximate surface area is 343 Å². The highest BCUT2D eigenvalue weighted by molar-refractivity contribution is 7.46. The fourth-order valence-corrected chi connectivity index (χ4v) is 6.54. The first-order valence-electron chi connectivity index (χ1n) is 22.6. The molecule has 324 valence electrons. The number of carbonyl (C=O) groups excluding carboxylic acids is 2. The summed E-state index contributed by atoms with van der Waals surface area (Å²) in [5.74, 6) is -0.976. The minimum Gasteiger partial charge on any atom is -0.462 e. The van der Waals surface area contributed by atoms with E-state index in [1.807, 2.05) is 12.2 Å². The fourth-order valence-electron chi connectivity index (χ4n) is 6.18. The number of unbranched alkanes of at least 4 members (excludes halogenated alkanes) is 21. The monoisotopic (exact) mass is 807 g/mol. The lowest BCUT2D eigenvalue weighted by molar-refractivity contribution is -0.161. The molecule has 0 aliphatic rings. The molecule has 1 atom stereocenters. The molecule has 0 rings (SSSR count). The van der Waals surface area contributed by atoms with Gasteiger partial charge in [-0.05, 0) is 51.4 Å². The number of hydrogen-bond acceptors (Lipinski definition) is 6. The first kappa shape index (κ1) is 53.8. The van der Waals surface area contributed by atoms with E-state index < -0.39 is 32.5 Å². The van der Waals surface area contributed by atoms with Crippen LogP contribution in [0.2, 0.25) is 0 Å². The first-order valence-corrected chi connectivity index (χ1v) is 24.1. The molecule has 9 heteroatoms. The second kappa shape index (κ2) is 42.4. The molecule has 0 aromatic heterocycles. The quantitative estimate of drug-likeness (QED) is 0.0271. The van der Waals surface area contributed by atoms with Gasteiger partial charge in [0.2, 0.25) is 0 Å². The lowest BCUT2D eigenvalue weighted by Gasteiger charge is -2.18. The summed E-state index contributed by atoms with van der Waals surface area (Å²) in [7, 11) is -4.77. The highest BCUT2D eigenvalue weighted by atomic mass is 31.2. The summed E-state index contributed by atoms with van der Waals surface area (Å²) in [5, 5.41) is 0. The molecule has 0 radical (unpaired) electrons. The van der Waals surface area contributed by atoms with Crippen LogP contribution in [0.25, 0.3) is 0 Å². The van der Waals surface area contributed by atoms with Gasteiger partial charge in [-0.1, -0.05) is 203 Å². The van der Waals surface area contributed by atoms with Crippen molar-refractivity contribution in [3.63, 3.8) is 0 Å². The average molecular weight is 807 g/mol. The number of phosphoric ester groups is 1. The van der Waals surface area contributed by atoms with Gasteiger partial charge in [0.25, 0.3) is 0 Å². The molecular formula is C47H83O8P. The Balaban J connectivity index is 3.99. The number of esters is 2. The van der Waals surface area contributed by atoms with Gasteiger partial charge in [0, 0.05) is 12.8 Å². The van der Waals surface area contributed by atoms with Gasteiger partial charge < -0.3 is 19.3 Å². The van der Waals surface area contributed by atoms with E-state index in [1.165, 1.54) is 122 Å². The lowest BCUT2D eigenvalue weighted by atomic mass is 10.0. The Morgan fingerprint density at radius 3 is 1.27 bits per heavy atom. The van der Waals surface area contributed by atoms with Crippen molar-refractivity contribution in [1.82, 2.24) is 0 Å². The molecule has 0 spiro atoms. The van der Waals surface area contributed by atoms with E-state index in [2.05, 4.69) is 67.0 Å². The summed E-state index contributed by atoms with van der Waals surface area (Å²) in [6.07, 6.45) is 53.8. The Hall–Kier alpha value is -2.25. The van der Waals surface area contributed by atoms with E-state index in [0.29, 0.717) is 12.8 Å². The average Bonchev–Trinajstić information content (AvgIpc) is 3.17. The minimum absolute atomic E-state index is 0.143. The molecule has 56 heavy (non-hydrogen) atoms. The summed E-state index contributed by atoms with van der Waals surface area (Å²) >= 11 is 0. The topological polar surface area (TPSA) is 119 Å². The molecule has 0 fully saturated rings. The standard InChI is InChI=1S/C47H83O8P/c1-3-5-7-9-11-13-15-17-19-21-23-25-27-29-31-33-35-37-39-41-46(48)53-43-45(44-54-56(50,51)52)55-47(49)42-40-38-36-34-32-30-28-26-24-22-20-18-16-14-12-10-8-6-4-2/h11,13,17,19,23,25,29,31,35,37,45H,3-10,12,14-16,18,20-22,24,26-28,30,32-34,36,38-44H2,1-2H3,(H2,50,51,52)/b13-11+,19-17+,25-23+,31-29+,37-35+/t45-/m1/s1. The van der Waals surface area contributed by atoms with Crippen molar-refractivity contribution in [2.75, 3.05) is 13.2 Å². The predicted molar refractivity (Wildman–Crippen MR) is 234 cm³/mol. The Bertz CT molecular complexity index is 1090. The van der Waals surface area contributed by atoms with E-state index in [9.17, 15) is 14.2 Å². The molecule has 0 bridgehead atoms. The van der Waals surface area contributed by atoms with Crippen LogP contribution in [0.15, 0.2) is 60.8 Å². The normalized spacial score (nSPS) is 13.0. The van der Waals surface area contributed by atoms with Crippen LogP contribution in [-0.2, 0) is 28.2 Å². The van der Waals surface area contributed by atoms with Crippen LogP contribution in [0.3, 0.4) is 0 Å². The van der Waals surface area contributed by atoms with Crippen LogP contribution in [0.5, 0.6) is 0 Å². The minimum atomic E-state index is -4.77. The molecule has 0 aliphatic heterocycles. The Kier molecular flexibility index (Phi) is 40.7. The van der Waals surface area contributed by atoms with Crippen LogP contribution in [-0.4, -0.2) is 41.0 Å². The third kappa shape index (κ3) is 44.5. The summed E-state index contributed by atoms with van der Waals surface area (Å²) in [4.78, 5) is 42.9. The summed E-state index contributed by atoms with van der Waals surface area (Å²) in [6, 6.07) is 0. The number of hydrogen-bond donors (Lipinski definition) is 2. The predicted octanol–water partition coefficient (Wildman–Crippen LogP) is 14.1. The van der Waals surface area contributed by atoms with Crippen LogP contribution < -0.4 is 0 Å². The van der Waals surface area contributed by atoms with E-state index >= 15 is 0 Å². The highest BCUT2D eigenvalue weighted by Crippen LogP contribution is 2.36. The third-order valence-electron chi connectivity index (χ3n) is 9.55. The van der Waals surface area contributed by atoms with Crippen molar-refractivity contribution >= 4 is 19.8 Å². The van der Waals surface area contributed by atoms with Gasteiger partial charge >= 0.3 is 19.8 Å². The zero-order valence-electron chi connectivity index (χ0n) is 35.8. The maximum atomic E-state index is 12.4. The summed E-state index contributed by atoms with van der Waals surface area (Å²) in [5.41, 5.74) is 0. The number of phosphoric acid groups is 1. The zero-order chi connectivity index (χ0) is 41.1. The van der Waals surface area contributed by atoms with E-state index in [1.54, 1.807) is 0 Å². The Morgan fingerprint density at radius 1 is 0.464 bits per heavy atom. The van der Waals surface area contributed by atoms with E-state index in [-0.39, 0.29) is 19.4 Å². The maximum absolute atomic E-state index is 12.4. The van der Waals surface area contributed by atoms with Crippen molar-refractivity contribution in [3.8, 4) is 0 Å². The van der Waals surface area contributed by atoms with Gasteiger partial charge in [-0.15, -0.1) is 0 Å². The molecule has 0 aromatic carbocycles. The van der Waals surface area contributed by atoms with Crippen molar-refractivity contribution in [1.29, 1.82) is 0 Å². The van der Waals surface area contributed by atoms with Gasteiger partial charge in [-0.25, -0.2) is 4.57 Å². The molecule has 2 N–H and O–H groups in total. The van der Waals surface area contributed by atoms with Gasteiger partial charge in [0.15, 0.2) is 6.10 Å². The third-order valence-corrected chi connectivity index (χ3v) is 10.0. The van der Waals surface area contributed by atoms with Crippen molar-refractivity contribution in [2.24, 2.45) is 0 Å². The van der Waals surface area contributed by atoms with Crippen molar-refractivity contribution < 1.29 is 37.9 Å². The summed E-state index contributed by atoms with van der Waals surface area (Å²) in [6.45, 7) is 3.61. The van der Waals surface area contributed by atoms with Gasteiger partial charge in [-0.2, -0.15) is 0 Å².